The molecular formula is C14H15BrN2O2. The number of nitrogens with one attached hydrogen (secondary N) is 1. The van der Waals surface area contributed by atoms with Gasteiger partial charge in [-0.3, -0.25) is 0 Å². The van der Waals surface area contributed by atoms with Crippen LogP contribution in [0.5, 0.6) is 11.5 Å². The van der Waals surface area contributed by atoms with Crippen molar-refractivity contribution in [1.29, 1.82) is 0 Å². The third kappa shape index (κ3) is 3.17. The molecule has 1 N–H and O–H groups in total. The van der Waals surface area contributed by atoms with E-state index in [0.717, 1.165) is 33.0 Å². The lowest BCUT2D eigenvalue weighted by Crippen LogP contribution is -1.98. The molecule has 0 fully saturated rings. The summed E-state index contributed by atoms with van der Waals surface area (Å²) in [5.74, 6) is 2.22. The standard InChI is InChI=1S/C14H15BrN2O2/c1-9-6-11(15)14(16-8-9)17-12-7-10(18-2)4-5-13(12)19-3/h4-8H,1-3H3,(H,16,17). The van der Waals surface area contributed by atoms with Crippen molar-refractivity contribution < 1.29 is 9.47 Å². The number of aromatic nitrogens is 1. The van der Waals surface area contributed by atoms with Crippen LogP contribution in [-0.2, 0) is 0 Å². The van der Waals surface area contributed by atoms with Crippen molar-refractivity contribution >= 4 is 27.4 Å². The number of rotatable bonds is 4. The highest BCUT2D eigenvalue weighted by Crippen LogP contribution is 2.33. The molecule has 2 rings (SSSR count). The second-order valence-corrected chi connectivity index (χ2v) is 4.89. The van der Waals surface area contributed by atoms with Crippen LogP contribution >= 0.6 is 15.9 Å². The highest BCUT2D eigenvalue weighted by Gasteiger charge is 2.08. The van der Waals surface area contributed by atoms with Crippen LogP contribution < -0.4 is 14.8 Å². The van der Waals surface area contributed by atoms with E-state index in [4.69, 9.17) is 9.47 Å². The molecule has 4 nitrogen and oxygen atoms in total. The molecule has 1 aromatic carbocycles. The Morgan fingerprint density at radius 2 is 1.95 bits per heavy atom. The summed E-state index contributed by atoms with van der Waals surface area (Å²) < 4.78 is 11.4. The predicted molar refractivity (Wildman–Crippen MR) is 79.5 cm³/mol. The van der Waals surface area contributed by atoms with E-state index in [1.807, 2.05) is 31.2 Å². The molecule has 5 heteroatoms. The molecular weight excluding hydrogens is 308 g/mol. The fourth-order valence-corrected chi connectivity index (χ4v) is 2.23. The maximum Gasteiger partial charge on any atom is 0.144 e. The number of nitrogens with zero attached hydrogens (tertiary/aromatic N) is 1. The molecule has 0 aliphatic rings. The third-order valence-electron chi connectivity index (χ3n) is 2.64. The van der Waals surface area contributed by atoms with E-state index in [1.54, 1.807) is 20.4 Å². The minimum Gasteiger partial charge on any atom is -0.497 e. The summed E-state index contributed by atoms with van der Waals surface area (Å²) in [6, 6.07) is 7.57. The minimum atomic E-state index is 0.732. The van der Waals surface area contributed by atoms with Gasteiger partial charge in [-0.1, -0.05) is 0 Å². The second kappa shape index (κ2) is 5.93. The van der Waals surface area contributed by atoms with Crippen molar-refractivity contribution in [3.05, 3.63) is 40.5 Å². The van der Waals surface area contributed by atoms with Gasteiger partial charge < -0.3 is 14.8 Å². The van der Waals surface area contributed by atoms with Gasteiger partial charge in [0.05, 0.1) is 24.4 Å². The van der Waals surface area contributed by atoms with Gasteiger partial charge in [0, 0.05) is 12.3 Å². The molecule has 100 valence electrons. The zero-order valence-corrected chi connectivity index (χ0v) is 12.6. The first-order chi connectivity index (χ1) is 9.13. The lowest BCUT2D eigenvalue weighted by Gasteiger charge is -2.13. The zero-order valence-electron chi connectivity index (χ0n) is 11.0. The lowest BCUT2D eigenvalue weighted by atomic mass is 10.2. The number of hydrogen-bond acceptors (Lipinski definition) is 4. The Hall–Kier alpha value is -1.75. The van der Waals surface area contributed by atoms with Crippen molar-refractivity contribution in [3.63, 3.8) is 0 Å². The summed E-state index contributed by atoms with van der Waals surface area (Å²) in [5.41, 5.74) is 1.90. The minimum absolute atomic E-state index is 0.732. The molecule has 0 saturated carbocycles. The first-order valence-electron chi connectivity index (χ1n) is 5.75. The molecule has 0 amide bonds. The normalized spacial score (nSPS) is 10.1. The molecule has 1 heterocycles. The van der Waals surface area contributed by atoms with Gasteiger partial charge in [-0.05, 0) is 46.6 Å². The smallest absolute Gasteiger partial charge is 0.144 e. The summed E-state index contributed by atoms with van der Waals surface area (Å²) in [6.07, 6.45) is 1.81. The number of methoxy groups -OCH3 is 2. The van der Waals surface area contributed by atoms with Crippen molar-refractivity contribution in [3.8, 4) is 11.5 Å². The Labute approximate surface area is 120 Å². The van der Waals surface area contributed by atoms with Gasteiger partial charge in [-0.25, -0.2) is 4.98 Å². The molecule has 0 radical (unpaired) electrons. The van der Waals surface area contributed by atoms with E-state index in [9.17, 15) is 0 Å². The number of aryl methyl sites for hydroxylation is 1. The van der Waals surface area contributed by atoms with E-state index in [-0.39, 0.29) is 0 Å². The molecule has 0 aliphatic carbocycles. The summed E-state index contributed by atoms with van der Waals surface area (Å²) in [5, 5.41) is 3.23. The predicted octanol–water partition coefficient (Wildman–Crippen LogP) is 3.91. The number of hydrogen-bond donors (Lipinski definition) is 1. The van der Waals surface area contributed by atoms with E-state index < -0.39 is 0 Å². The molecule has 19 heavy (non-hydrogen) atoms. The summed E-state index contributed by atoms with van der Waals surface area (Å²) in [7, 11) is 3.26. The Morgan fingerprint density at radius 3 is 2.58 bits per heavy atom. The summed E-state index contributed by atoms with van der Waals surface area (Å²) in [4.78, 5) is 4.35. The van der Waals surface area contributed by atoms with Crippen molar-refractivity contribution in [2.24, 2.45) is 0 Å². The maximum absolute atomic E-state index is 5.32. The molecule has 0 saturated heterocycles. The Kier molecular flexibility index (Phi) is 4.27. The van der Waals surface area contributed by atoms with Crippen molar-refractivity contribution in [2.45, 2.75) is 6.92 Å². The van der Waals surface area contributed by atoms with Crippen LogP contribution in [0, 0.1) is 6.92 Å². The van der Waals surface area contributed by atoms with Crippen LogP contribution in [0.15, 0.2) is 34.9 Å². The number of ether oxygens (including phenoxy) is 2. The zero-order chi connectivity index (χ0) is 13.8. The number of anilines is 2. The highest BCUT2D eigenvalue weighted by atomic mass is 79.9. The number of pyridine rings is 1. The van der Waals surface area contributed by atoms with E-state index in [0.29, 0.717) is 0 Å². The monoisotopic (exact) mass is 322 g/mol. The third-order valence-corrected chi connectivity index (χ3v) is 3.24. The first kappa shape index (κ1) is 13.7. The number of halogens is 1. The van der Waals surface area contributed by atoms with Gasteiger partial charge in [-0.2, -0.15) is 0 Å². The van der Waals surface area contributed by atoms with Gasteiger partial charge >= 0.3 is 0 Å². The molecule has 0 atom stereocenters. The van der Waals surface area contributed by atoms with Crippen LogP contribution in [0.2, 0.25) is 0 Å². The molecule has 2 aromatic rings. The van der Waals surface area contributed by atoms with Crippen molar-refractivity contribution in [2.75, 3.05) is 19.5 Å². The SMILES string of the molecule is COc1ccc(OC)c(Nc2ncc(C)cc2Br)c1. The fraction of sp³-hybridized carbons (Fsp3) is 0.214. The fourth-order valence-electron chi connectivity index (χ4n) is 1.66. The molecule has 0 aliphatic heterocycles. The molecule has 0 unspecified atom stereocenters. The van der Waals surface area contributed by atoms with Crippen LogP contribution in [0.4, 0.5) is 11.5 Å². The van der Waals surface area contributed by atoms with E-state index in [1.165, 1.54) is 0 Å². The molecule has 0 bridgehead atoms. The van der Waals surface area contributed by atoms with Crippen LogP contribution in [-0.4, -0.2) is 19.2 Å². The Morgan fingerprint density at radius 1 is 1.16 bits per heavy atom. The largest absolute Gasteiger partial charge is 0.497 e. The van der Waals surface area contributed by atoms with E-state index in [2.05, 4.69) is 26.2 Å². The molecule has 1 aromatic heterocycles. The number of benzene rings is 1. The topological polar surface area (TPSA) is 43.4 Å². The quantitative estimate of drug-likeness (QED) is 0.926. The average molecular weight is 323 g/mol. The van der Waals surface area contributed by atoms with Gasteiger partial charge in [0.15, 0.2) is 0 Å². The second-order valence-electron chi connectivity index (χ2n) is 4.03. The van der Waals surface area contributed by atoms with Crippen LogP contribution in [0.3, 0.4) is 0 Å². The lowest BCUT2D eigenvalue weighted by molar-refractivity contribution is 0.405. The van der Waals surface area contributed by atoms with Gasteiger partial charge in [0.25, 0.3) is 0 Å². The average Bonchev–Trinajstić information content (AvgIpc) is 2.41. The van der Waals surface area contributed by atoms with Crippen molar-refractivity contribution in [1.82, 2.24) is 4.98 Å². The Balaban J connectivity index is 2.36. The highest BCUT2D eigenvalue weighted by molar-refractivity contribution is 9.10. The molecule has 0 spiro atoms. The van der Waals surface area contributed by atoms with E-state index >= 15 is 0 Å². The van der Waals surface area contributed by atoms with Gasteiger partial charge in [0.1, 0.15) is 17.3 Å². The summed E-state index contributed by atoms with van der Waals surface area (Å²) >= 11 is 3.49. The Bertz CT molecular complexity index is 588. The van der Waals surface area contributed by atoms with Crippen LogP contribution in [0.1, 0.15) is 5.56 Å². The summed E-state index contributed by atoms with van der Waals surface area (Å²) in [6.45, 7) is 1.99. The van der Waals surface area contributed by atoms with Gasteiger partial charge in [0.2, 0.25) is 0 Å². The van der Waals surface area contributed by atoms with Crippen LogP contribution in [0.25, 0.3) is 0 Å². The first-order valence-corrected chi connectivity index (χ1v) is 6.54. The maximum atomic E-state index is 5.32. The van der Waals surface area contributed by atoms with Gasteiger partial charge in [-0.15, -0.1) is 0 Å².